The van der Waals surface area contributed by atoms with Gasteiger partial charge >= 0.3 is 0 Å². The van der Waals surface area contributed by atoms with E-state index in [0.717, 1.165) is 12.0 Å². The van der Waals surface area contributed by atoms with Crippen LogP contribution in [0, 0.1) is 0 Å². The van der Waals surface area contributed by atoms with E-state index >= 15 is 0 Å². The van der Waals surface area contributed by atoms with Gasteiger partial charge in [-0.25, -0.2) is 0 Å². The second-order valence-electron chi connectivity index (χ2n) is 4.86. The highest BCUT2D eigenvalue weighted by Gasteiger charge is 2.11. The molecule has 1 aromatic rings. The lowest BCUT2D eigenvalue weighted by Gasteiger charge is -2.16. The highest BCUT2D eigenvalue weighted by atomic mass is 16.5. The third-order valence-corrected chi connectivity index (χ3v) is 3.04. The standard InChI is InChI=1S/C15H24N2O3/c1-5-17(3)15(18)10-20-13-7-6-12(8-11(2)16)9-14(13)19-4/h6-7,9,11H,5,8,10,16H2,1-4H3. The predicted molar refractivity (Wildman–Crippen MR) is 79.2 cm³/mol. The van der Waals surface area contributed by atoms with Crippen molar-refractivity contribution in [1.82, 2.24) is 4.90 Å². The lowest BCUT2D eigenvalue weighted by atomic mass is 10.1. The largest absolute Gasteiger partial charge is 0.493 e. The number of carbonyl (C=O) groups excluding carboxylic acids is 1. The molecule has 1 unspecified atom stereocenters. The fourth-order valence-electron chi connectivity index (χ4n) is 1.76. The van der Waals surface area contributed by atoms with Gasteiger partial charge in [0.1, 0.15) is 0 Å². The van der Waals surface area contributed by atoms with E-state index in [4.69, 9.17) is 15.2 Å². The van der Waals surface area contributed by atoms with E-state index in [1.165, 1.54) is 0 Å². The van der Waals surface area contributed by atoms with Crippen molar-refractivity contribution in [3.05, 3.63) is 23.8 Å². The lowest BCUT2D eigenvalue weighted by Crippen LogP contribution is -2.31. The zero-order valence-electron chi connectivity index (χ0n) is 12.7. The van der Waals surface area contributed by atoms with Gasteiger partial charge in [0, 0.05) is 19.6 Å². The summed E-state index contributed by atoms with van der Waals surface area (Å²) in [6, 6.07) is 5.74. The van der Waals surface area contributed by atoms with E-state index in [9.17, 15) is 4.79 Å². The maximum atomic E-state index is 11.7. The number of methoxy groups -OCH3 is 1. The fourth-order valence-corrected chi connectivity index (χ4v) is 1.76. The van der Waals surface area contributed by atoms with Crippen LogP contribution in [0.3, 0.4) is 0 Å². The van der Waals surface area contributed by atoms with Crippen LogP contribution >= 0.6 is 0 Å². The van der Waals surface area contributed by atoms with Crippen molar-refractivity contribution < 1.29 is 14.3 Å². The quantitative estimate of drug-likeness (QED) is 0.821. The average molecular weight is 280 g/mol. The highest BCUT2D eigenvalue weighted by molar-refractivity contribution is 5.77. The number of hydrogen-bond donors (Lipinski definition) is 1. The Hall–Kier alpha value is -1.75. The smallest absolute Gasteiger partial charge is 0.260 e. The first-order valence-corrected chi connectivity index (χ1v) is 6.77. The number of ether oxygens (including phenoxy) is 2. The molecular weight excluding hydrogens is 256 g/mol. The molecule has 20 heavy (non-hydrogen) atoms. The minimum absolute atomic E-state index is 0.00728. The molecule has 5 heteroatoms. The number of hydrogen-bond acceptors (Lipinski definition) is 4. The SMILES string of the molecule is CCN(C)C(=O)COc1ccc(CC(C)N)cc1OC. The van der Waals surface area contributed by atoms with Crippen molar-refractivity contribution in [2.75, 3.05) is 27.3 Å². The molecule has 1 aromatic carbocycles. The molecule has 0 heterocycles. The van der Waals surface area contributed by atoms with E-state index in [1.54, 1.807) is 19.1 Å². The van der Waals surface area contributed by atoms with Crippen LogP contribution in [0.15, 0.2) is 18.2 Å². The van der Waals surface area contributed by atoms with Crippen molar-refractivity contribution in [3.8, 4) is 11.5 Å². The van der Waals surface area contributed by atoms with Gasteiger partial charge in [0.2, 0.25) is 0 Å². The Morgan fingerprint density at radius 1 is 1.40 bits per heavy atom. The zero-order valence-corrected chi connectivity index (χ0v) is 12.7. The van der Waals surface area contributed by atoms with Crippen LogP contribution in [-0.2, 0) is 11.2 Å². The Labute approximate surface area is 120 Å². The van der Waals surface area contributed by atoms with E-state index in [0.29, 0.717) is 18.0 Å². The van der Waals surface area contributed by atoms with Gasteiger partial charge in [-0.1, -0.05) is 6.07 Å². The summed E-state index contributed by atoms with van der Waals surface area (Å²) >= 11 is 0. The molecule has 112 valence electrons. The van der Waals surface area contributed by atoms with Crippen LogP contribution in [0.4, 0.5) is 0 Å². The van der Waals surface area contributed by atoms with Gasteiger partial charge in [0.05, 0.1) is 7.11 Å². The van der Waals surface area contributed by atoms with Crippen molar-refractivity contribution in [2.24, 2.45) is 5.73 Å². The minimum Gasteiger partial charge on any atom is -0.493 e. The second-order valence-corrected chi connectivity index (χ2v) is 4.86. The van der Waals surface area contributed by atoms with Gasteiger partial charge in [-0.2, -0.15) is 0 Å². The third-order valence-electron chi connectivity index (χ3n) is 3.04. The Morgan fingerprint density at radius 2 is 2.10 bits per heavy atom. The fraction of sp³-hybridized carbons (Fsp3) is 0.533. The molecule has 0 aliphatic rings. The topological polar surface area (TPSA) is 64.8 Å². The molecular formula is C15H24N2O3. The molecule has 1 amide bonds. The van der Waals surface area contributed by atoms with Crippen molar-refractivity contribution in [2.45, 2.75) is 26.3 Å². The first-order chi connectivity index (χ1) is 9.47. The predicted octanol–water partition coefficient (Wildman–Crippen LogP) is 1.44. The lowest BCUT2D eigenvalue weighted by molar-refractivity contribution is -0.131. The zero-order chi connectivity index (χ0) is 15.1. The van der Waals surface area contributed by atoms with Crippen LogP contribution < -0.4 is 15.2 Å². The first kappa shape index (κ1) is 16.3. The summed E-state index contributed by atoms with van der Waals surface area (Å²) in [5, 5.41) is 0. The minimum atomic E-state index is -0.0609. The van der Waals surface area contributed by atoms with E-state index in [1.807, 2.05) is 32.0 Å². The normalized spacial score (nSPS) is 11.8. The number of amides is 1. The second kappa shape index (κ2) is 7.75. The van der Waals surface area contributed by atoms with Gasteiger partial charge in [0.25, 0.3) is 5.91 Å². The van der Waals surface area contributed by atoms with Crippen LogP contribution in [0.2, 0.25) is 0 Å². The van der Waals surface area contributed by atoms with Gasteiger partial charge in [0.15, 0.2) is 18.1 Å². The molecule has 0 spiro atoms. The monoisotopic (exact) mass is 280 g/mol. The van der Waals surface area contributed by atoms with Crippen LogP contribution in [0.25, 0.3) is 0 Å². The van der Waals surface area contributed by atoms with E-state index in [-0.39, 0.29) is 18.6 Å². The maximum Gasteiger partial charge on any atom is 0.260 e. The summed E-state index contributed by atoms with van der Waals surface area (Å²) in [4.78, 5) is 13.3. The summed E-state index contributed by atoms with van der Waals surface area (Å²) in [6.07, 6.45) is 0.772. The number of likely N-dealkylation sites (N-methyl/N-ethyl adjacent to an activating group) is 1. The van der Waals surface area contributed by atoms with Gasteiger partial charge < -0.3 is 20.1 Å². The molecule has 0 saturated carbocycles. The molecule has 1 atom stereocenters. The molecule has 0 radical (unpaired) electrons. The number of nitrogens with zero attached hydrogens (tertiary/aromatic N) is 1. The van der Waals surface area contributed by atoms with Gasteiger partial charge in [-0.3, -0.25) is 4.79 Å². The van der Waals surface area contributed by atoms with Crippen molar-refractivity contribution in [3.63, 3.8) is 0 Å². The summed E-state index contributed by atoms with van der Waals surface area (Å²) in [5.74, 6) is 1.13. The molecule has 0 aliphatic heterocycles. The first-order valence-electron chi connectivity index (χ1n) is 6.77. The van der Waals surface area contributed by atoms with Crippen LogP contribution in [0.5, 0.6) is 11.5 Å². The van der Waals surface area contributed by atoms with E-state index in [2.05, 4.69) is 0 Å². The average Bonchev–Trinajstić information content (AvgIpc) is 2.43. The summed E-state index contributed by atoms with van der Waals surface area (Å²) in [5.41, 5.74) is 6.86. The Bertz CT molecular complexity index is 447. The molecule has 5 nitrogen and oxygen atoms in total. The Balaban J connectivity index is 2.73. The summed E-state index contributed by atoms with van der Waals surface area (Å²) < 4.78 is 10.8. The molecule has 0 fully saturated rings. The Morgan fingerprint density at radius 3 is 2.65 bits per heavy atom. The molecule has 0 aliphatic carbocycles. The van der Waals surface area contributed by atoms with Crippen molar-refractivity contribution >= 4 is 5.91 Å². The van der Waals surface area contributed by atoms with Crippen LogP contribution in [0.1, 0.15) is 19.4 Å². The van der Waals surface area contributed by atoms with Gasteiger partial charge in [-0.05, 0) is 38.0 Å². The Kier molecular flexibility index (Phi) is 6.31. The summed E-state index contributed by atoms with van der Waals surface area (Å²) in [7, 11) is 3.33. The number of nitrogens with two attached hydrogens (primary N) is 1. The molecule has 2 N–H and O–H groups in total. The van der Waals surface area contributed by atoms with Crippen molar-refractivity contribution in [1.29, 1.82) is 0 Å². The van der Waals surface area contributed by atoms with Gasteiger partial charge in [-0.15, -0.1) is 0 Å². The number of carbonyl (C=O) groups is 1. The third kappa shape index (κ3) is 4.74. The molecule has 0 bridgehead atoms. The number of rotatable bonds is 7. The van der Waals surface area contributed by atoms with Crippen LogP contribution in [-0.4, -0.2) is 44.2 Å². The number of benzene rings is 1. The maximum absolute atomic E-state index is 11.7. The summed E-state index contributed by atoms with van der Waals surface area (Å²) in [6.45, 7) is 4.54. The molecule has 1 rings (SSSR count). The van der Waals surface area contributed by atoms with E-state index < -0.39 is 0 Å². The molecule has 0 aromatic heterocycles. The molecule has 0 saturated heterocycles. The highest BCUT2D eigenvalue weighted by Crippen LogP contribution is 2.28.